The summed E-state index contributed by atoms with van der Waals surface area (Å²) in [5.74, 6) is 0.536. The molecule has 0 aliphatic carbocycles. The first-order chi connectivity index (χ1) is 12.0. The van der Waals surface area contributed by atoms with Crippen molar-refractivity contribution in [1.82, 2.24) is 4.90 Å². The van der Waals surface area contributed by atoms with Gasteiger partial charge in [-0.1, -0.05) is 0 Å². The first kappa shape index (κ1) is 20.5. The monoisotopic (exact) mass is 381 g/mol. The predicted molar refractivity (Wildman–Crippen MR) is 104 cm³/mol. The first-order valence-electron chi connectivity index (χ1n) is 9.01. The molecule has 0 aromatic heterocycles. The van der Waals surface area contributed by atoms with Crippen LogP contribution in [0, 0.1) is 5.92 Å². The summed E-state index contributed by atoms with van der Waals surface area (Å²) < 4.78 is 5.16. The minimum absolute atomic E-state index is 0. The number of methoxy groups -OCH3 is 1. The number of anilines is 1. The number of ether oxygens (including phenoxy) is 1. The molecule has 2 aliphatic heterocycles. The molecule has 144 valence electrons. The van der Waals surface area contributed by atoms with E-state index in [1.54, 1.807) is 12.0 Å². The van der Waals surface area contributed by atoms with Gasteiger partial charge in [-0.3, -0.25) is 9.59 Å². The van der Waals surface area contributed by atoms with E-state index >= 15 is 0 Å². The Balaban J connectivity index is 0.00000243. The minimum atomic E-state index is -0.283. The molecule has 0 radical (unpaired) electrons. The van der Waals surface area contributed by atoms with Crippen molar-refractivity contribution in [3.63, 3.8) is 0 Å². The fourth-order valence-corrected chi connectivity index (χ4v) is 3.90. The number of piperidine rings is 1. The molecule has 7 heteroatoms. The number of hydrogen-bond donors (Lipinski definition) is 1. The average Bonchev–Trinajstić information content (AvgIpc) is 3.03. The predicted octanol–water partition coefficient (Wildman–Crippen LogP) is 2.20. The van der Waals surface area contributed by atoms with Crippen molar-refractivity contribution in [3.05, 3.63) is 24.3 Å². The van der Waals surface area contributed by atoms with E-state index in [9.17, 15) is 9.59 Å². The van der Waals surface area contributed by atoms with Gasteiger partial charge >= 0.3 is 0 Å². The van der Waals surface area contributed by atoms with Crippen molar-refractivity contribution in [2.24, 2.45) is 11.7 Å². The lowest BCUT2D eigenvalue weighted by Crippen LogP contribution is -2.53. The summed E-state index contributed by atoms with van der Waals surface area (Å²) in [7, 11) is 1.61. The average molecular weight is 382 g/mol. The van der Waals surface area contributed by atoms with Gasteiger partial charge in [0, 0.05) is 37.3 Å². The van der Waals surface area contributed by atoms with Crippen LogP contribution in [0.2, 0.25) is 0 Å². The topological polar surface area (TPSA) is 75.9 Å². The van der Waals surface area contributed by atoms with Crippen LogP contribution in [0.1, 0.15) is 32.6 Å². The van der Waals surface area contributed by atoms with E-state index < -0.39 is 0 Å². The number of rotatable bonds is 4. The lowest BCUT2D eigenvalue weighted by atomic mass is 9.94. The Labute approximate surface area is 161 Å². The normalized spacial score (nSPS) is 24.2. The molecule has 2 fully saturated rings. The summed E-state index contributed by atoms with van der Waals surface area (Å²) in [6.07, 6.45) is 3.34. The third kappa shape index (κ3) is 4.13. The van der Waals surface area contributed by atoms with Crippen LogP contribution >= 0.6 is 12.4 Å². The number of carbonyl (C=O) groups is 2. The third-order valence-electron chi connectivity index (χ3n) is 5.30. The van der Waals surface area contributed by atoms with Crippen LogP contribution in [0.5, 0.6) is 5.75 Å². The number of nitrogens with two attached hydrogens (primary N) is 1. The van der Waals surface area contributed by atoms with Crippen LogP contribution in [0.3, 0.4) is 0 Å². The number of halogens is 1. The molecule has 26 heavy (non-hydrogen) atoms. The van der Waals surface area contributed by atoms with E-state index in [1.165, 1.54) is 0 Å². The molecule has 6 nitrogen and oxygen atoms in total. The molecule has 1 aromatic carbocycles. The second-order valence-corrected chi connectivity index (χ2v) is 7.06. The summed E-state index contributed by atoms with van der Waals surface area (Å²) in [4.78, 5) is 29.1. The van der Waals surface area contributed by atoms with E-state index in [0.717, 1.165) is 37.2 Å². The highest BCUT2D eigenvalue weighted by atomic mass is 35.5. The van der Waals surface area contributed by atoms with E-state index in [4.69, 9.17) is 10.5 Å². The van der Waals surface area contributed by atoms with Gasteiger partial charge in [0.15, 0.2) is 0 Å². The lowest BCUT2D eigenvalue weighted by molar-refractivity contribution is -0.139. The zero-order valence-electron chi connectivity index (χ0n) is 15.4. The van der Waals surface area contributed by atoms with Gasteiger partial charge in [0.25, 0.3) is 0 Å². The SMILES string of the molecule is COc1ccc(N2CC(C(=O)N3CCCCC3C(C)N)CC2=O)cc1.Cl. The quantitative estimate of drug-likeness (QED) is 0.867. The van der Waals surface area contributed by atoms with E-state index in [0.29, 0.717) is 6.54 Å². The van der Waals surface area contributed by atoms with Crippen molar-refractivity contribution in [1.29, 1.82) is 0 Å². The maximum absolute atomic E-state index is 13.0. The zero-order chi connectivity index (χ0) is 18.0. The molecule has 2 N–H and O–H groups in total. The summed E-state index contributed by atoms with van der Waals surface area (Å²) in [6.45, 7) is 3.14. The molecule has 0 saturated carbocycles. The summed E-state index contributed by atoms with van der Waals surface area (Å²) >= 11 is 0. The molecular weight excluding hydrogens is 354 g/mol. The van der Waals surface area contributed by atoms with Gasteiger partial charge in [0.1, 0.15) is 5.75 Å². The van der Waals surface area contributed by atoms with Gasteiger partial charge in [-0.05, 0) is 50.5 Å². The summed E-state index contributed by atoms with van der Waals surface area (Å²) in [5, 5.41) is 0. The van der Waals surface area contributed by atoms with Gasteiger partial charge < -0.3 is 20.3 Å². The van der Waals surface area contributed by atoms with Crippen molar-refractivity contribution < 1.29 is 14.3 Å². The Morgan fingerprint density at radius 1 is 1.27 bits per heavy atom. The molecule has 0 bridgehead atoms. The molecule has 3 unspecified atom stereocenters. The minimum Gasteiger partial charge on any atom is -0.497 e. The molecule has 2 aliphatic rings. The second-order valence-electron chi connectivity index (χ2n) is 7.06. The molecule has 3 rings (SSSR count). The van der Waals surface area contributed by atoms with Crippen LogP contribution in [0.4, 0.5) is 5.69 Å². The van der Waals surface area contributed by atoms with Gasteiger partial charge in [-0.15, -0.1) is 12.4 Å². The van der Waals surface area contributed by atoms with E-state index in [-0.39, 0.29) is 48.6 Å². The Morgan fingerprint density at radius 3 is 2.58 bits per heavy atom. The van der Waals surface area contributed by atoms with Gasteiger partial charge in [0.05, 0.1) is 13.0 Å². The van der Waals surface area contributed by atoms with E-state index in [2.05, 4.69) is 0 Å². The van der Waals surface area contributed by atoms with Crippen LogP contribution in [-0.2, 0) is 9.59 Å². The molecule has 0 spiro atoms. The van der Waals surface area contributed by atoms with Crippen molar-refractivity contribution in [2.45, 2.75) is 44.7 Å². The maximum Gasteiger partial charge on any atom is 0.228 e. The Bertz CT molecular complexity index is 635. The van der Waals surface area contributed by atoms with E-state index in [1.807, 2.05) is 36.1 Å². The van der Waals surface area contributed by atoms with Crippen LogP contribution < -0.4 is 15.4 Å². The number of hydrogen-bond acceptors (Lipinski definition) is 4. The largest absolute Gasteiger partial charge is 0.497 e. The Kier molecular flexibility index (Phi) is 6.89. The second kappa shape index (κ2) is 8.73. The molecule has 1 aromatic rings. The van der Waals surface area contributed by atoms with Crippen LogP contribution in [-0.4, -0.2) is 49.0 Å². The summed E-state index contributed by atoms with van der Waals surface area (Å²) in [6, 6.07) is 7.42. The number of carbonyl (C=O) groups excluding carboxylic acids is 2. The highest BCUT2D eigenvalue weighted by Crippen LogP contribution is 2.30. The fourth-order valence-electron chi connectivity index (χ4n) is 3.90. The highest BCUT2D eigenvalue weighted by Gasteiger charge is 2.40. The Morgan fingerprint density at radius 2 is 1.96 bits per heavy atom. The van der Waals surface area contributed by atoms with Gasteiger partial charge in [0.2, 0.25) is 11.8 Å². The van der Waals surface area contributed by atoms with Crippen molar-refractivity contribution >= 4 is 29.9 Å². The molecular formula is C19H28ClN3O3. The first-order valence-corrected chi connectivity index (χ1v) is 9.01. The number of nitrogens with zero attached hydrogens (tertiary/aromatic N) is 2. The number of benzene rings is 1. The zero-order valence-corrected chi connectivity index (χ0v) is 16.2. The molecule has 2 amide bonds. The summed E-state index contributed by atoms with van der Waals surface area (Å²) in [5.41, 5.74) is 6.89. The lowest BCUT2D eigenvalue weighted by Gasteiger charge is -2.39. The number of amides is 2. The van der Waals surface area contributed by atoms with Gasteiger partial charge in [-0.2, -0.15) is 0 Å². The van der Waals surface area contributed by atoms with Crippen LogP contribution in [0.15, 0.2) is 24.3 Å². The van der Waals surface area contributed by atoms with Crippen molar-refractivity contribution in [2.75, 3.05) is 25.1 Å². The molecule has 2 saturated heterocycles. The van der Waals surface area contributed by atoms with Crippen molar-refractivity contribution in [3.8, 4) is 5.75 Å². The third-order valence-corrected chi connectivity index (χ3v) is 5.30. The maximum atomic E-state index is 13.0. The van der Waals surface area contributed by atoms with Crippen LogP contribution in [0.25, 0.3) is 0 Å². The molecule has 3 atom stereocenters. The standard InChI is InChI=1S/C19H27N3O3.ClH/c1-13(20)17-5-3-4-10-21(17)19(24)14-11-18(23)22(12-14)15-6-8-16(25-2)9-7-15;/h6-9,13-14,17H,3-5,10-12,20H2,1-2H3;1H. The molecule has 2 heterocycles. The number of likely N-dealkylation sites (tertiary alicyclic amines) is 1. The fraction of sp³-hybridized carbons (Fsp3) is 0.579. The highest BCUT2D eigenvalue weighted by molar-refractivity contribution is 6.00. The Hall–Kier alpha value is -1.79. The smallest absolute Gasteiger partial charge is 0.228 e. The van der Waals surface area contributed by atoms with Gasteiger partial charge in [-0.25, -0.2) is 0 Å².